The average molecular weight is 348 g/mol. The monoisotopic (exact) mass is 347 g/mol. The molecule has 1 aromatic carbocycles. The van der Waals surface area contributed by atoms with Crippen LogP contribution in [0.15, 0.2) is 39.2 Å². The van der Waals surface area contributed by atoms with Gasteiger partial charge in [-0.3, -0.25) is 0 Å². The quantitative estimate of drug-likeness (QED) is 0.788. The number of hydrogen-bond acceptors (Lipinski definition) is 2. The van der Waals surface area contributed by atoms with Gasteiger partial charge in [-0.15, -0.1) is 0 Å². The second-order valence-corrected chi connectivity index (χ2v) is 5.36. The number of anilines is 1. The zero-order valence-corrected chi connectivity index (χ0v) is 12.5. The van der Waals surface area contributed by atoms with Gasteiger partial charge in [0.15, 0.2) is 0 Å². The third-order valence-electron chi connectivity index (χ3n) is 2.85. The van der Waals surface area contributed by atoms with Crippen LogP contribution in [0.5, 0.6) is 0 Å². The minimum atomic E-state index is -4.36. The molecule has 0 aliphatic rings. The topological polar surface area (TPSA) is 25.2 Å². The van der Waals surface area contributed by atoms with E-state index in [1.807, 2.05) is 19.9 Å². The lowest BCUT2D eigenvalue weighted by Crippen LogP contribution is -2.09. The number of hydrogen-bond donors (Lipinski definition) is 1. The number of rotatable bonds is 3. The standard InChI is InChI=1S/C14H13BrF3NO/c1-8-3-6-13(20-8)9(2)19-12-7-10(14(16,17)18)4-5-11(12)15/h3-7,9,19H,1-2H3. The van der Waals surface area contributed by atoms with Gasteiger partial charge in [0, 0.05) is 10.2 Å². The molecule has 0 bridgehead atoms. The highest BCUT2D eigenvalue weighted by Crippen LogP contribution is 2.35. The molecule has 0 saturated heterocycles. The smallest absolute Gasteiger partial charge is 0.416 e. The van der Waals surface area contributed by atoms with Gasteiger partial charge in [-0.1, -0.05) is 0 Å². The molecular weight excluding hydrogens is 335 g/mol. The first kappa shape index (κ1) is 15.0. The van der Waals surface area contributed by atoms with Crippen molar-refractivity contribution in [2.24, 2.45) is 0 Å². The van der Waals surface area contributed by atoms with Crippen LogP contribution >= 0.6 is 15.9 Å². The summed E-state index contributed by atoms with van der Waals surface area (Å²) in [5, 5.41) is 3.01. The lowest BCUT2D eigenvalue weighted by Gasteiger charge is -2.16. The van der Waals surface area contributed by atoms with Crippen LogP contribution < -0.4 is 5.32 Å². The first-order valence-electron chi connectivity index (χ1n) is 5.97. The van der Waals surface area contributed by atoms with E-state index in [2.05, 4.69) is 21.2 Å². The molecule has 1 aromatic heterocycles. The summed E-state index contributed by atoms with van der Waals surface area (Å²) in [7, 11) is 0. The van der Waals surface area contributed by atoms with Crippen molar-refractivity contribution in [3.63, 3.8) is 0 Å². The molecule has 108 valence electrons. The molecule has 0 radical (unpaired) electrons. The SMILES string of the molecule is Cc1ccc(C(C)Nc2cc(C(F)(F)F)ccc2Br)o1. The Labute approximate surface area is 123 Å². The normalized spacial score (nSPS) is 13.3. The largest absolute Gasteiger partial charge is 0.464 e. The lowest BCUT2D eigenvalue weighted by atomic mass is 10.1. The van der Waals surface area contributed by atoms with Crippen LogP contribution in [0.3, 0.4) is 0 Å². The number of furan rings is 1. The highest BCUT2D eigenvalue weighted by atomic mass is 79.9. The molecule has 0 saturated carbocycles. The van der Waals surface area contributed by atoms with Gasteiger partial charge in [-0.25, -0.2) is 0 Å². The molecule has 1 N–H and O–H groups in total. The first-order valence-corrected chi connectivity index (χ1v) is 6.76. The van der Waals surface area contributed by atoms with Crippen molar-refractivity contribution in [3.05, 3.63) is 51.9 Å². The maximum atomic E-state index is 12.7. The van der Waals surface area contributed by atoms with Crippen LogP contribution in [0, 0.1) is 6.92 Å². The summed E-state index contributed by atoms with van der Waals surface area (Å²) in [6.45, 7) is 3.64. The summed E-state index contributed by atoms with van der Waals surface area (Å²) in [6, 6.07) is 6.88. The first-order chi connectivity index (χ1) is 9.27. The van der Waals surface area contributed by atoms with Gasteiger partial charge in [0.1, 0.15) is 11.5 Å². The third-order valence-corrected chi connectivity index (χ3v) is 3.55. The second kappa shape index (κ2) is 5.52. The molecule has 6 heteroatoms. The van der Waals surface area contributed by atoms with Gasteiger partial charge in [0.05, 0.1) is 11.6 Å². The van der Waals surface area contributed by atoms with Gasteiger partial charge in [0.25, 0.3) is 0 Å². The van der Waals surface area contributed by atoms with Crippen molar-refractivity contribution in [3.8, 4) is 0 Å². The maximum absolute atomic E-state index is 12.7. The molecule has 0 aliphatic heterocycles. The van der Waals surface area contributed by atoms with Crippen molar-refractivity contribution >= 4 is 21.6 Å². The molecule has 0 amide bonds. The van der Waals surface area contributed by atoms with Gasteiger partial charge in [-0.2, -0.15) is 13.2 Å². The molecule has 1 unspecified atom stereocenters. The summed E-state index contributed by atoms with van der Waals surface area (Å²) >= 11 is 3.24. The Morgan fingerprint density at radius 1 is 1.20 bits per heavy atom. The fraction of sp³-hybridized carbons (Fsp3) is 0.286. The van der Waals surface area contributed by atoms with E-state index in [9.17, 15) is 13.2 Å². The summed E-state index contributed by atoms with van der Waals surface area (Å²) in [6.07, 6.45) is -4.36. The minimum Gasteiger partial charge on any atom is -0.464 e. The zero-order chi connectivity index (χ0) is 14.9. The van der Waals surface area contributed by atoms with E-state index in [1.54, 1.807) is 6.07 Å². The second-order valence-electron chi connectivity index (χ2n) is 4.51. The van der Waals surface area contributed by atoms with E-state index in [0.29, 0.717) is 15.9 Å². The van der Waals surface area contributed by atoms with Crippen LogP contribution in [-0.2, 0) is 6.18 Å². The molecule has 0 spiro atoms. The van der Waals surface area contributed by atoms with Crippen molar-refractivity contribution < 1.29 is 17.6 Å². The average Bonchev–Trinajstić information content (AvgIpc) is 2.77. The molecule has 1 atom stereocenters. The zero-order valence-electron chi connectivity index (χ0n) is 10.9. The fourth-order valence-corrected chi connectivity index (χ4v) is 2.16. The van der Waals surface area contributed by atoms with E-state index in [0.717, 1.165) is 17.9 Å². The third kappa shape index (κ3) is 3.36. The highest BCUT2D eigenvalue weighted by Gasteiger charge is 2.31. The van der Waals surface area contributed by atoms with Gasteiger partial charge in [-0.05, 0) is 60.1 Å². The highest BCUT2D eigenvalue weighted by molar-refractivity contribution is 9.10. The van der Waals surface area contributed by atoms with Crippen LogP contribution in [0.2, 0.25) is 0 Å². The fourth-order valence-electron chi connectivity index (χ4n) is 1.80. The van der Waals surface area contributed by atoms with Crippen LogP contribution in [-0.4, -0.2) is 0 Å². The molecular formula is C14H13BrF3NO. The number of halogens is 4. The molecule has 2 aromatic rings. The van der Waals surface area contributed by atoms with Crippen molar-refractivity contribution in [2.45, 2.75) is 26.1 Å². The Balaban J connectivity index is 2.24. The number of alkyl halides is 3. The summed E-state index contributed by atoms with van der Waals surface area (Å²) in [4.78, 5) is 0. The molecule has 2 nitrogen and oxygen atoms in total. The van der Waals surface area contributed by atoms with Crippen LogP contribution in [0.25, 0.3) is 0 Å². The van der Waals surface area contributed by atoms with E-state index < -0.39 is 11.7 Å². The van der Waals surface area contributed by atoms with E-state index >= 15 is 0 Å². The van der Waals surface area contributed by atoms with E-state index in [1.165, 1.54) is 6.07 Å². The number of aryl methyl sites for hydroxylation is 1. The molecule has 1 heterocycles. The number of nitrogens with one attached hydrogen (secondary N) is 1. The van der Waals surface area contributed by atoms with E-state index in [-0.39, 0.29) is 6.04 Å². The van der Waals surface area contributed by atoms with Crippen molar-refractivity contribution in [1.29, 1.82) is 0 Å². The van der Waals surface area contributed by atoms with Gasteiger partial charge >= 0.3 is 6.18 Å². The summed E-state index contributed by atoms with van der Waals surface area (Å²) in [5.74, 6) is 1.43. The maximum Gasteiger partial charge on any atom is 0.416 e. The Bertz CT molecular complexity index is 607. The van der Waals surface area contributed by atoms with Crippen molar-refractivity contribution in [1.82, 2.24) is 0 Å². The van der Waals surface area contributed by atoms with Crippen molar-refractivity contribution in [2.75, 3.05) is 5.32 Å². The Kier molecular flexibility index (Phi) is 4.13. The molecule has 20 heavy (non-hydrogen) atoms. The predicted octanol–water partition coefficient (Wildman–Crippen LogP) is 5.54. The summed E-state index contributed by atoms with van der Waals surface area (Å²) in [5.41, 5.74) is -0.313. The van der Waals surface area contributed by atoms with E-state index in [4.69, 9.17) is 4.42 Å². The predicted molar refractivity (Wildman–Crippen MR) is 74.6 cm³/mol. The Hall–Kier alpha value is -1.43. The molecule has 0 fully saturated rings. The minimum absolute atomic E-state index is 0.233. The van der Waals surface area contributed by atoms with Gasteiger partial charge < -0.3 is 9.73 Å². The van der Waals surface area contributed by atoms with Crippen LogP contribution in [0.4, 0.5) is 18.9 Å². The summed E-state index contributed by atoms with van der Waals surface area (Å²) < 4.78 is 44.1. The van der Waals surface area contributed by atoms with Gasteiger partial charge in [0.2, 0.25) is 0 Å². The lowest BCUT2D eigenvalue weighted by molar-refractivity contribution is -0.137. The Morgan fingerprint density at radius 3 is 2.45 bits per heavy atom. The number of benzene rings is 1. The van der Waals surface area contributed by atoms with Crippen LogP contribution in [0.1, 0.15) is 30.0 Å². The Morgan fingerprint density at radius 2 is 1.90 bits per heavy atom. The molecule has 2 rings (SSSR count). The molecule has 0 aliphatic carbocycles.